The van der Waals surface area contributed by atoms with Gasteiger partial charge >= 0.3 is 0 Å². The summed E-state index contributed by atoms with van der Waals surface area (Å²) in [4.78, 5) is 0. The third-order valence-corrected chi connectivity index (χ3v) is 6.11. The van der Waals surface area contributed by atoms with Crippen molar-refractivity contribution < 1.29 is 18.9 Å². The number of benzene rings is 2. The van der Waals surface area contributed by atoms with E-state index in [0.717, 1.165) is 36.1 Å². The fourth-order valence-electron chi connectivity index (χ4n) is 4.35. The van der Waals surface area contributed by atoms with E-state index in [2.05, 4.69) is 22.8 Å². The van der Waals surface area contributed by atoms with E-state index >= 15 is 0 Å². The predicted octanol–water partition coefficient (Wildman–Crippen LogP) is 4.76. The van der Waals surface area contributed by atoms with Crippen LogP contribution in [0.4, 0.5) is 0 Å². The fourth-order valence-corrected chi connectivity index (χ4v) is 4.57. The first kappa shape index (κ1) is 22.0. The summed E-state index contributed by atoms with van der Waals surface area (Å²) in [6, 6.07) is 11.9. The number of rotatable bonds is 6. The van der Waals surface area contributed by atoms with Crippen LogP contribution in [-0.4, -0.2) is 33.6 Å². The van der Waals surface area contributed by atoms with Gasteiger partial charge in [0, 0.05) is 5.70 Å². The second-order valence-corrected chi connectivity index (χ2v) is 8.09. The van der Waals surface area contributed by atoms with E-state index in [-0.39, 0.29) is 6.04 Å². The highest BCUT2D eigenvalue weighted by Crippen LogP contribution is 2.41. The van der Waals surface area contributed by atoms with Gasteiger partial charge in [0.1, 0.15) is 0 Å². The molecule has 2 aliphatic rings. The minimum atomic E-state index is -0.0207. The SMILES string of the molecule is COc1ccc(/C=C2/CCCC3=C2NC(=S)NC3c2ccc(OC)c(OC)c2)cc1OC. The number of hydrogen-bond acceptors (Lipinski definition) is 5. The fraction of sp³-hybridized carbons (Fsp3) is 0.320. The zero-order valence-electron chi connectivity index (χ0n) is 18.8. The van der Waals surface area contributed by atoms with Gasteiger partial charge in [0.25, 0.3) is 0 Å². The molecule has 0 aromatic heterocycles. The molecule has 1 unspecified atom stereocenters. The number of hydrogen-bond donors (Lipinski definition) is 2. The topological polar surface area (TPSA) is 61.0 Å². The lowest BCUT2D eigenvalue weighted by molar-refractivity contribution is 0.354. The molecule has 1 atom stereocenters. The van der Waals surface area contributed by atoms with E-state index in [9.17, 15) is 0 Å². The molecule has 0 saturated heterocycles. The van der Waals surface area contributed by atoms with Gasteiger partial charge in [-0.05, 0) is 84.1 Å². The summed E-state index contributed by atoms with van der Waals surface area (Å²) >= 11 is 5.57. The Bertz CT molecular complexity index is 1090. The second kappa shape index (κ2) is 9.53. The maximum atomic E-state index is 5.57. The Morgan fingerprint density at radius 2 is 1.50 bits per heavy atom. The molecule has 2 N–H and O–H groups in total. The predicted molar refractivity (Wildman–Crippen MR) is 130 cm³/mol. The first-order valence-electron chi connectivity index (χ1n) is 10.5. The van der Waals surface area contributed by atoms with Crippen LogP contribution < -0.4 is 29.6 Å². The van der Waals surface area contributed by atoms with Crippen molar-refractivity contribution in [3.8, 4) is 23.0 Å². The maximum absolute atomic E-state index is 5.57. The van der Waals surface area contributed by atoms with Crippen LogP contribution >= 0.6 is 12.2 Å². The lowest BCUT2D eigenvalue weighted by Gasteiger charge is -2.36. The van der Waals surface area contributed by atoms with E-state index in [1.165, 1.54) is 11.1 Å². The highest BCUT2D eigenvalue weighted by molar-refractivity contribution is 7.80. The summed E-state index contributed by atoms with van der Waals surface area (Å²) in [5, 5.41) is 7.47. The van der Waals surface area contributed by atoms with Crippen LogP contribution in [0.3, 0.4) is 0 Å². The molecule has 0 spiro atoms. The largest absolute Gasteiger partial charge is 0.493 e. The third-order valence-electron chi connectivity index (χ3n) is 5.89. The summed E-state index contributed by atoms with van der Waals surface area (Å²) in [5.41, 5.74) is 5.78. The lowest BCUT2D eigenvalue weighted by Crippen LogP contribution is -2.45. The third kappa shape index (κ3) is 4.25. The zero-order chi connectivity index (χ0) is 22.7. The standard InChI is InChI=1S/C25H28N2O4S/c1-28-19-10-8-15(13-21(19)30-3)12-16-6-5-7-18-23(16)26-25(32)27-24(18)17-9-11-20(29-2)22(14-17)31-4/h8-14,24H,5-7H2,1-4H3,(H2,26,27,32)/b16-12-. The number of ether oxygens (including phenoxy) is 4. The first-order valence-corrected chi connectivity index (χ1v) is 10.9. The number of methoxy groups -OCH3 is 4. The molecule has 4 rings (SSSR count). The number of allylic oxidation sites excluding steroid dienone is 1. The van der Waals surface area contributed by atoms with E-state index in [1.54, 1.807) is 28.4 Å². The first-order chi connectivity index (χ1) is 15.6. The van der Waals surface area contributed by atoms with E-state index in [4.69, 9.17) is 31.2 Å². The van der Waals surface area contributed by atoms with Crippen LogP contribution in [0, 0.1) is 0 Å². The van der Waals surface area contributed by atoms with Crippen molar-refractivity contribution in [1.82, 2.24) is 10.6 Å². The van der Waals surface area contributed by atoms with E-state index in [0.29, 0.717) is 28.1 Å². The van der Waals surface area contributed by atoms with Crippen LogP contribution in [0.1, 0.15) is 36.4 Å². The highest BCUT2D eigenvalue weighted by atomic mass is 32.1. The molecule has 168 valence electrons. The molecule has 32 heavy (non-hydrogen) atoms. The molecule has 2 aromatic rings. The van der Waals surface area contributed by atoms with Gasteiger partial charge in [0.15, 0.2) is 28.1 Å². The van der Waals surface area contributed by atoms with Gasteiger partial charge < -0.3 is 29.6 Å². The van der Waals surface area contributed by atoms with Crippen LogP contribution in [0.15, 0.2) is 53.2 Å². The van der Waals surface area contributed by atoms with Gasteiger partial charge in [-0.1, -0.05) is 12.1 Å². The Kier molecular flexibility index (Phi) is 6.55. The van der Waals surface area contributed by atoms with Gasteiger partial charge in [-0.3, -0.25) is 0 Å². The van der Waals surface area contributed by atoms with Gasteiger partial charge in [-0.15, -0.1) is 0 Å². The Hall–Kier alpha value is -3.19. The smallest absolute Gasteiger partial charge is 0.171 e. The van der Waals surface area contributed by atoms with Crippen LogP contribution in [0.25, 0.3) is 6.08 Å². The number of nitrogens with one attached hydrogen (secondary N) is 2. The molecule has 0 bridgehead atoms. The molecule has 0 saturated carbocycles. The Balaban J connectivity index is 1.75. The zero-order valence-corrected chi connectivity index (χ0v) is 19.6. The molecule has 7 heteroatoms. The molecular weight excluding hydrogens is 424 g/mol. The van der Waals surface area contributed by atoms with Crippen molar-refractivity contribution in [2.24, 2.45) is 0 Å². The van der Waals surface area contributed by atoms with Gasteiger partial charge in [-0.25, -0.2) is 0 Å². The van der Waals surface area contributed by atoms with Crippen LogP contribution in [0.2, 0.25) is 0 Å². The Morgan fingerprint density at radius 1 is 0.844 bits per heavy atom. The van der Waals surface area contributed by atoms with Crippen molar-refractivity contribution in [3.05, 3.63) is 64.4 Å². The Morgan fingerprint density at radius 3 is 2.19 bits per heavy atom. The lowest BCUT2D eigenvalue weighted by atomic mass is 9.83. The minimum Gasteiger partial charge on any atom is -0.493 e. The quantitative estimate of drug-likeness (QED) is 0.613. The monoisotopic (exact) mass is 452 g/mol. The highest BCUT2D eigenvalue weighted by Gasteiger charge is 2.31. The molecule has 0 radical (unpaired) electrons. The molecule has 1 aliphatic heterocycles. The van der Waals surface area contributed by atoms with Crippen molar-refractivity contribution in [1.29, 1.82) is 0 Å². The Labute approximate surface area is 194 Å². The van der Waals surface area contributed by atoms with E-state index in [1.807, 2.05) is 30.3 Å². The second-order valence-electron chi connectivity index (χ2n) is 7.68. The average molecular weight is 453 g/mol. The maximum Gasteiger partial charge on any atom is 0.171 e. The summed E-state index contributed by atoms with van der Waals surface area (Å²) in [5.74, 6) is 2.84. The normalized spacial score (nSPS) is 19.1. The van der Waals surface area contributed by atoms with Crippen molar-refractivity contribution in [3.63, 3.8) is 0 Å². The minimum absolute atomic E-state index is 0.0207. The summed E-state index contributed by atoms with van der Waals surface area (Å²) < 4.78 is 21.8. The van der Waals surface area contributed by atoms with Crippen molar-refractivity contribution in [2.45, 2.75) is 25.3 Å². The van der Waals surface area contributed by atoms with Crippen molar-refractivity contribution in [2.75, 3.05) is 28.4 Å². The number of thiocarbonyl (C=S) groups is 1. The van der Waals surface area contributed by atoms with Gasteiger partial charge in [0.2, 0.25) is 0 Å². The van der Waals surface area contributed by atoms with Gasteiger partial charge in [-0.2, -0.15) is 0 Å². The van der Waals surface area contributed by atoms with Crippen molar-refractivity contribution >= 4 is 23.4 Å². The van der Waals surface area contributed by atoms with Crippen LogP contribution in [0.5, 0.6) is 23.0 Å². The molecular formula is C25H28N2O4S. The summed E-state index contributed by atoms with van der Waals surface area (Å²) in [7, 11) is 6.58. The molecule has 1 aliphatic carbocycles. The molecule has 1 heterocycles. The molecule has 0 fully saturated rings. The van der Waals surface area contributed by atoms with Crippen LogP contribution in [-0.2, 0) is 0 Å². The summed E-state index contributed by atoms with van der Waals surface area (Å²) in [6.07, 6.45) is 5.22. The molecule has 2 aromatic carbocycles. The van der Waals surface area contributed by atoms with Gasteiger partial charge in [0.05, 0.1) is 34.5 Å². The average Bonchev–Trinajstić information content (AvgIpc) is 2.83. The summed E-state index contributed by atoms with van der Waals surface area (Å²) in [6.45, 7) is 0. The molecule has 6 nitrogen and oxygen atoms in total. The molecule has 0 amide bonds. The van der Waals surface area contributed by atoms with E-state index < -0.39 is 0 Å².